The SMILES string of the molecule is COCC(C)Cc1nc(C(N)CO)no1. The Morgan fingerprint density at radius 1 is 1.60 bits per heavy atom. The van der Waals surface area contributed by atoms with Gasteiger partial charge in [0.1, 0.15) is 0 Å². The van der Waals surface area contributed by atoms with Gasteiger partial charge in [0, 0.05) is 20.1 Å². The second kappa shape index (κ2) is 5.79. The Balaban J connectivity index is 2.52. The molecule has 0 fully saturated rings. The van der Waals surface area contributed by atoms with Crippen molar-refractivity contribution in [2.45, 2.75) is 19.4 Å². The molecule has 1 aromatic rings. The van der Waals surface area contributed by atoms with Crippen molar-refractivity contribution < 1.29 is 14.4 Å². The van der Waals surface area contributed by atoms with Gasteiger partial charge in [-0.1, -0.05) is 12.1 Å². The van der Waals surface area contributed by atoms with Gasteiger partial charge in [0.25, 0.3) is 0 Å². The van der Waals surface area contributed by atoms with Gasteiger partial charge in [-0.05, 0) is 5.92 Å². The third-order valence-corrected chi connectivity index (χ3v) is 1.99. The molecule has 2 atom stereocenters. The van der Waals surface area contributed by atoms with E-state index in [1.165, 1.54) is 0 Å². The quantitative estimate of drug-likeness (QED) is 0.687. The van der Waals surface area contributed by atoms with E-state index in [1.807, 2.05) is 6.92 Å². The Hall–Kier alpha value is -0.980. The lowest BCUT2D eigenvalue weighted by molar-refractivity contribution is 0.155. The molecule has 0 aliphatic carbocycles. The molecule has 0 aliphatic heterocycles. The van der Waals surface area contributed by atoms with E-state index in [9.17, 15) is 0 Å². The highest BCUT2D eigenvalue weighted by molar-refractivity contribution is 4.93. The normalized spacial score (nSPS) is 15.2. The zero-order valence-corrected chi connectivity index (χ0v) is 9.01. The number of aliphatic hydroxyl groups excluding tert-OH is 1. The van der Waals surface area contributed by atoms with Crippen molar-refractivity contribution in [3.63, 3.8) is 0 Å². The molecule has 0 amide bonds. The molecule has 6 heteroatoms. The van der Waals surface area contributed by atoms with Gasteiger partial charge in [0.15, 0.2) is 5.82 Å². The van der Waals surface area contributed by atoms with E-state index in [4.69, 9.17) is 20.1 Å². The average molecular weight is 215 g/mol. The van der Waals surface area contributed by atoms with Crippen LogP contribution in [0.3, 0.4) is 0 Å². The predicted molar refractivity (Wildman–Crippen MR) is 53.1 cm³/mol. The van der Waals surface area contributed by atoms with Crippen LogP contribution in [0.2, 0.25) is 0 Å². The van der Waals surface area contributed by atoms with Crippen molar-refractivity contribution in [2.75, 3.05) is 20.3 Å². The summed E-state index contributed by atoms with van der Waals surface area (Å²) in [5, 5.41) is 12.5. The van der Waals surface area contributed by atoms with Crippen LogP contribution in [0, 0.1) is 5.92 Å². The molecule has 0 spiro atoms. The first-order valence-electron chi connectivity index (χ1n) is 4.85. The zero-order valence-electron chi connectivity index (χ0n) is 9.01. The molecule has 0 aromatic carbocycles. The summed E-state index contributed by atoms with van der Waals surface area (Å²) in [4.78, 5) is 4.08. The molecule has 86 valence electrons. The fraction of sp³-hybridized carbons (Fsp3) is 0.778. The van der Waals surface area contributed by atoms with Gasteiger partial charge < -0.3 is 20.1 Å². The van der Waals surface area contributed by atoms with E-state index < -0.39 is 6.04 Å². The van der Waals surface area contributed by atoms with Crippen LogP contribution in [-0.2, 0) is 11.2 Å². The minimum absolute atomic E-state index is 0.188. The maximum absolute atomic E-state index is 8.80. The highest BCUT2D eigenvalue weighted by Gasteiger charge is 2.14. The lowest BCUT2D eigenvalue weighted by Gasteiger charge is -2.05. The fourth-order valence-electron chi connectivity index (χ4n) is 1.22. The number of aliphatic hydroxyl groups is 1. The number of methoxy groups -OCH3 is 1. The smallest absolute Gasteiger partial charge is 0.227 e. The molecule has 1 rings (SSSR count). The molecule has 1 heterocycles. The number of nitrogens with two attached hydrogens (primary N) is 1. The molecule has 6 nitrogen and oxygen atoms in total. The molecule has 0 radical (unpaired) electrons. The molecule has 15 heavy (non-hydrogen) atoms. The number of rotatable bonds is 6. The van der Waals surface area contributed by atoms with E-state index in [0.717, 1.165) is 0 Å². The molecule has 0 bridgehead atoms. The molecular weight excluding hydrogens is 198 g/mol. The summed E-state index contributed by atoms with van der Waals surface area (Å²) >= 11 is 0. The number of nitrogens with zero attached hydrogens (tertiary/aromatic N) is 2. The first-order valence-corrected chi connectivity index (χ1v) is 4.85. The largest absolute Gasteiger partial charge is 0.394 e. The van der Waals surface area contributed by atoms with Gasteiger partial charge in [-0.3, -0.25) is 0 Å². The number of hydrogen-bond donors (Lipinski definition) is 2. The van der Waals surface area contributed by atoms with Crippen molar-refractivity contribution in [3.8, 4) is 0 Å². The van der Waals surface area contributed by atoms with E-state index in [2.05, 4.69) is 10.1 Å². The third kappa shape index (κ3) is 3.58. The van der Waals surface area contributed by atoms with E-state index in [-0.39, 0.29) is 6.61 Å². The van der Waals surface area contributed by atoms with Crippen LogP contribution in [0.4, 0.5) is 0 Å². The molecular formula is C9H17N3O3. The first-order chi connectivity index (χ1) is 7.17. The van der Waals surface area contributed by atoms with Gasteiger partial charge in [-0.2, -0.15) is 4.98 Å². The number of aromatic nitrogens is 2. The van der Waals surface area contributed by atoms with Crippen LogP contribution in [0.5, 0.6) is 0 Å². The van der Waals surface area contributed by atoms with Crippen LogP contribution in [0.25, 0.3) is 0 Å². The Bertz CT molecular complexity index is 290. The van der Waals surface area contributed by atoms with Crippen LogP contribution in [0.15, 0.2) is 4.52 Å². The van der Waals surface area contributed by atoms with Crippen LogP contribution < -0.4 is 5.73 Å². The monoisotopic (exact) mass is 215 g/mol. The predicted octanol–water partition coefficient (Wildman–Crippen LogP) is -0.113. The lowest BCUT2D eigenvalue weighted by atomic mass is 10.1. The maximum Gasteiger partial charge on any atom is 0.227 e. The van der Waals surface area contributed by atoms with Gasteiger partial charge in [0.05, 0.1) is 12.6 Å². The molecule has 0 aliphatic rings. The highest BCUT2D eigenvalue weighted by atomic mass is 16.5. The maximum atomic E-state index is 8.80. The van der Waals surface area contributed by atoms with Crippen molar-refractivity contribution in [2.24, 2.45) is 11.7 Å². The highest BCUT2D eigenvalue weighted by Crippen LogP contribution is 2.10. The molecule has 1 aromatic heterocycles. The second-order valence-corrected chi connectivity index (χ2v) is 3.60. The molecule has 0 saturated heterocycles. The Morgan fingerprint density at radius 3 is 2.93 bits per heavy atom. The third-order valence-electron chi connectivity index (χ3n) is 1.99. The molecule has 0 saturated carbocycles. The molecule has 3 N–H and O–H groups in total. The Morgan fingerprint density at radius 2 is 2.33 bits per heavy atom. The van der Waals surface area contributed by atoms with Crippen LogP contribution >= 0.6 is 0 Å². The minimum Gasteiger partial charge on any atom is -0.394 e. The van der Waals surface area contributed by atoms with Crippen molar-refractivity contribution in [1.29, 1.82) is 0 Å². The summed E-state index contributed by atoms with van der Waals surface area (Å²) in [6, 6.07) is -0.569. The summed E-state index contributed by atoms with van der Waals surface area (Å²) < 4.78 is 9.99. The first kappa shape index (κ1) is 12.1. The topological polar surface area (TPSA) is 94.4 Å². The zero-order chi connectivity index (χ0) is 11.3. The van der Waals surface area contributed by atoms with E-state index in [0.29, 0.717) is 30.7 Å². The Labute approximate surface area is 88.4 Å². The standard InChI is InChI=1S/C9H17N3O3/c1-6(5-14-2)3-8-11-9(12-15-8)7(10)4-13/h6-7,13H,3-5,10H2,1-2H3. The Kier molecular flexibility index (Phi) is 4.67. The van der Waals surface area contributed by atoms with Gasteiger partial charge in [-0.15, -0.1) is 0 Å². The van der Waals surface area contributed by atoms with Gasteiger partial charge in [-0.25, -0.2) is 0 Å². The summed E-state index contributed by atoms with van der Waals surface area (Å²) in [7, 11) is 1.65. The van der Waals surface area contributed by atoms with E-state index >= 15 is 0 Å². The van der Waals surface area contributed by atoms with Crippen LogP contribution in [0.1, 0.15) is 24.7 Å². The second-order valence-electron chi connectivity index (χ2n) is 3.60. The number of ether oxygens (including phenoxy) is 1. The van der Waals surface area contributed by atoms with E-state index in [1.54, 1.807) is 7.11 Å². The summed E-state index contributed by atoms with van der Waals surface area (Å²) in [5.74, 6) is 1.18. The van der Waals surface area contributed by atoms with Crippen molar-refractivity contribution in [1.82, 2.24) is 10.1 Å². The minimum atomic E-state index is -0.569. The van der Waals surface area contributed by atoms with Gasteiger partial charge in [0.2, 0.25) is 5.89 Å². The van der Waals surface area contributed by atoms with Crippen LogP contribution in [-0.4, -0.2) is 35.6 Å². The lowest BCUT2D eigenvalue weighted by Crippen LogP contribution is -2.16. The fourth-order valence-corrected chi connectivity index (χ4v) is 1.22. The number of hydrogen-bond acceptors (Lipinski definition) is 6. The summed E-state index contributed by atoms with van der Waals surface area (Å²) in [6.07, 6.45) is 0.652. The summed E-state index contributed by atoms with van der Waals surface area (Å²) in [6.45, 7) is 2.48. The summed E-state index contributed by atoms with van der Waals surface area (Å²) in [5.41, 5.74) is 5.54. The average Bonchev–Trinajstić information content (AvgIpc) is 2.65. The molecule has 2 unspecified atom stereocenters. The van der Waals surface area contributed by atoms with Crippen molar-refractivity contribution in [3.05, 3.63) is 11.7 Å². The van der Waals surface area contributed by atoms with Crippen molar-refractivity contribution >= 4 is 0 Å². The van der Waals surface area contributed by atoms with Gasteiger partial charge >= 0.3 is 0 Å².